The Hall–Kier alpha value is -0.120. The Balaban J connectivity index is 3.10. The number of nitrogens with zero attached hydrogens (tertiary/aromatic N) is 5. The van der Waals surface area contributed by atoms with E-state index in [1.807, 2.05) is 19.6 Å². The minimum absolute atomic E-state index is 0.00509. The molecule has 1 aliphatic rings. The highest BCUT2D eigenvalue weighted by Gasteiger charge is 2.25. The summed E-state index contributed by atoms with van der Waals surface area (Å²) in [5.74, 6) is -0.0698. The van der Waals surface area contributed by atoms with E-state index >= 15 is 0 Å². The van der Waals surface area contributed by atoms with E-state index in [2.05, 4.69) is 0 Å². The van der Waals surface area contributed by atoms with Crippen molar-refractivity contribution in [2.75, 3.05) is 112 Å². The maximum atomic E-state index is 12.3. The quantitative estimate of drug-likeness (QED) is 0.359. The first-order valence-corrected chi connectivity index (χ1v) is 17.8. The van der Waals surface area contributed by atoms with Crippen LogP contribution in [0.1, 0.15) is 0 Å². The van der Waals surface area contributed by atoms with Crippen LogP contribution < -0.4 is 0 Å². The lowest BCUT2D eigenvalue weighted by molar-refractivity contribution is -0.130. The summed E-state index contributed by atoms with van der Waals surface area (Å²) in [7, 11) is -6.64. The summed E-state index contributed by atoms with van der Waals surface area (Å²) in [5, 5.41) is 0. The highest BCUT2D eigenvalue weighted by molar-refractivity contribution is 7.57. The van der Waals surface area contributed by atoms with E-state index in [0.717, 1.165) is 0 Å². The third-order valence-corrected chi connectivity index (χ3v) is 7.95. The Morgan fingerprint density at radius 2 is 0.879 bits per heavy atom. The maximum absolute atomic E-state index is 12.3. The summed E-state index contributed by atoms with van der Waals surface area (Å²) < 4.78 is 36.2. The Morgan fingerprint density at radius 1 is 0.636 bits per heavy atom. The standard InChI is InChI=1S/C18H42N5O7P3/c1-19(2)18(24)14-20-6-8-21(15-31(3,25)26)10-12-23(17-33(5,29)30)13-11-22(9-7-20)16-32(4,27)28/h6-17H2,1-5H3,(H,25,26)(H,27,28)(H,29,30). The second-order valence-corrected chi connectivity index (χ2v) is 16.6. The first kappa shape index (κ1) is 30.9. The molecule has 1 rings (SSSR count). The second-order valence-electron chi connectivity index (χ2n) is 9.50. The van der Waals surface area contributed by atoms with Crippen LogP contribution in [0.3, 0.4) is 0 Å². The second kappa shape index (κ2) is 13.3. The fourth-order valence-corrected chi connectivity index (χ4v) is 6.68. The van der Waals surface area contributed by atoms with E-state index in [1.54, 1.807) is 14.1 Å². The van der Waals surface area contributed by atoms with Crippen LogP contribution >= 0.6 is 22.1 Å². The molecular formula is C18H42N5O7P3. The summed E-state index contributed by atoms with van der Waals surface area (Å²) in [5.41, 5.74) is 0. The number of amides is 1. The predicted octanol–water partition coefficient (Wildman–Crippen LogP) is -0.131. The molecule has 3 atom stereocenters. The largest absolute Gasteiger partial charge is 0.348 e. The predicted molar refractivity (Wildman–Crippen MR) is 132 cm³/mol. The summed E-state index contributed by atoms with van der Waals surface area (Å²) in [4.78, 5) is 51.0. The van der Waals surface area contributed by atoms with Crippen LogP contribution in [0.2, 0.25) is 0 Å². The van der Waals surface area contributed by atoms with E-state index in [-0.39, 0.29) is 31.3 Å². The molecule has 0 radical (unpaired) electrons. The van der Waals surface area contributed by atoms with Gasteiger partial charge in [-0.1, -0.05) is 0 Å². The molecule has 0 aromatic carbocycles. The van der Waals surface area contributed by atoms with Gasteiger partial charge in [-0.25, -0.2) is 0 Å². The van der Waals surface area contributed by atoms with Crippen molar-refractivity contribution in [2.45, 2.75) is 0 Å². The summed E-state index contributed by atoms with van der Waals surface area (Å²) in [6, 6.07) is 0. The molecule has 1 saturated heterocycles. The Labute approximate surface area is 197 Å². The first-order valence-electron chi connectivity index (χ1n) is 10.9. The van der Waals surface area contributed by atoms with Gasteiger partial charge < -0.3 is 19.6 Å². The van der Waals surface area contributed by atoms with Gasteiger partial charge in [-0.15, -0.1) is 0 Å². The Morgan fingerprint density at radius 3 is 1.09 bits per heavy atom. The van der Waals surface area contributed by atoms with Crippen molar-refractivity contribution in [3.63, 3.8) is 0 Å². The normalized spacial score (nSPS) is 24.6. The van der Waals surface area contributed by atoms with Gasteiger partial charge in [0.25, 0.3) is 0 Å². The first-order chi connectivity index (χ1) is 14.9. The zero-order valence-electron chi connectivity index (χ0n) is 20.5. The van der Waals surface area contributed by atoms with Crippen LogP contribution in [0.15, 0.2) is 0 Å². The molecule has 1 fully saturated rings. The van der Waals surface area contributed by atoms with E-state index in [9.17, 15) is 33.2 Å². The molecule has 15 heteroatoms. The number of likely N-dealkylation sites (N-methyl/N-ethyl adjacent to an activating group) is 1. The van der Waals surface area contributed by atoms with Gasteiger partial charge in [-0.2, -0.15) is 0 Å². The molecular weight excluding hydrogens is 491 g/mol. The van der Waals surface area contributed by atoms with Crippen molar-refractivity contribution >= 4 is 28.0 Å². The SMILES string of the molecule is CN(C)C(=O)CN1CCN(CP(C)(=O)O)CCN(CP(C)(=O)O)CCN(CP(C)(=O)O)CC1. The summed E-state index contributed by atoms with van der Waals surface area (Å²) in [6.45, 7) is 7.57. The van der Waals surface area contributed by atoms with Crippen LogP contribution in [-0.4, -0.2) is 157 Å². The summed E-state index contributed by atoms with van der Waals surface area (Å²) >= 11 is 0. The van der Waals surface area contributed by atoms with Gasteiger partial charge in [0.1, 0.15) is 0 Å². The molecule has 0 saturated carbocycles. The van der Waals surface area contributed by atoms with Gasteiger partial charge in [0.2, 0.25) is 28.0 Å². The summed E-state index contributed by atoms with van der Waals surface area (Å²) in [6.07, 6.45) is -0.0340. The monoisotopic (exact) mass is 533 g/mol. The van der Waals surface area contributed by atoms with Crippen molar-refractivity contribution in [1.82, 2.24) is 24.5 Å². The Bertz CT molecular complexity index is 727. The van der Waals surface area contributed by atoms with Gasteiger partial charge in [0.05, 0.1) is 25.4 Å². The van der Waals surface area contributed by atoms with Gasteiger partial charge in [-0.05, 0) is 0 Å². The number of hydrogen-bond acceptors (Lipinski definition) is 8. The molecule has 33 heavy (non-hydrogen) atoms. The van der Waals surface area contributed by atoms with Gasteiger partial charge in [-0.3, -0.25) is 38.1 Å². The number of rotatable bonds is 8. The van der Waals surface area contributed by atoms with Crippen molar-refractivity contribution in [3.05, 3.63) is 0 Å². The molecule has 0 aromatic rings. The van der Waals surface area contributed by atoms with Crippen LogP contribution in [0, 0.1) is 0 Å². The molecule has 1 heterocycles. The minimum Gasteiger partial charge on any atom is -0.348 e. The molecule has 196 valence electrons. The zero-order chi connectivity index (χ0) is 25.4. The highest BCUT2D eigenvalue weighted by atomic mass is 31.2. The number of carbonyl (C=O) groups excluding carboxylic acids is 1. The molecule has 3 unspecified atom stereocenters. The molecule has 1 aliphatic heterocycles. The lowest BCUT2D eigenvalue weighted by Gasteiger charge is -2.35. The van der Waals surface area contributed by atoms with E-state index in [1.165, 1.54) is 24.9 Å². The molecule has 0 aliphatic carbocycles. The topological polar surface area (TPSA) is 145 Å². The smallest absolute Gasteiger partial charge is 0.236 e. The lowest BCUT2D eigenvalue weighted by atomic mass is 10.3. The average molecular weight is 533 g/mol. The molecule has 0 spiro atoms. The van der Waals surface area contributed by atoms with Crippen molar-refractivity contribution in [2.24, 2.45) is 0 Å². The van der Waals surface area contributed by atoms with E-state index in [4.69, 9.17) is 0 Å². The number of carbonyl (C=O) groups is 1. The third-order valence-electron chi connectivity index (χ3n) is 5.17. The Kier molecular flexibility index (Phi) is 12.4. The molecule has 3 N–H and O–H groups in total. The van der Waals surface area contributed by atoms with Gasteiger partial charge >= 0.3 is 0 Å². The molecule has 1 amide bonds. The molecule has 12 nitrogen and oxygen atoms in total. The minimum atomic E-state index is -3.34. The highest BCUT2D eigenvalue weighted by Crippen LogP contribution is 2.38. The number of hydrogen-bond donors (Lipinski definition) is 3. The van der Waals surface area contributed by atoms with Crippen molar-refractivity contribution in [1.29, 1.82) is 0 Å². The third kappa shape index (κ3) is 15.5. The molecule has 0 aromatic heterocycles. The van der Waals surface area contributed by atoms with Crippen molar-refractivity contribution in [3.8, 4) is 0 Å². The average Bonchev–Trinajstić information content (AvgIpc) is 2.60. The zero-order valence-corrected chi connectivity index (χ0v) is 23.2. The van der Waals surface area contributed by atoms with E-state index < -0.39 is 22.1 Å². The van der Waals surface area contributed by atoms with Crippen molar-refractivity contribution < 1.29 is 33.2 Å². The van der Waals surface area contributed by atoms with Gasteiger partial charge in [0, 0.05) is 86.4 Å². The lowest BCUT2D eigenvalue weighted by Crippen LogP contribution is -2.48. The van der Waals surface area contributed by atoms with Crippen LogP contribution in [-0.2, 0) is 18.5 Å². The van der Waals surface area contributed by atoms with Crippen LogP contribution in [0.4, 0.5) is 0 Å². The molecule has 0 bridgehead atoms. The fourth-order valence-electron chi connectivity index (χ4n) is 3.61. The van der Waals surface area contributed by atoms with E-state index in [0.29, 0.717) is 52.4 Å². The maximum Gasteiger partial charge on any atom is 0.236 e. The van der Waals surface area contributed by atoms with Crippen LogP contribution in [0.5, 0.6) is 0 Å². The van der Waals surface area contributed by atoms with Gasteiger partial charge in [0.15, 0.2) is 0 Å². The van der Waals surface area contributed by atoms with Crippen LogP contribution in [0.25, 0.3) is 0 Å². The fraction of sp³-hybridized carbons (Fsp3) is 0.944.